The molecule has 0 fully saturated rings. The zero-order valence-corrected chi connectivity index (χ0v) is 16.7. The minimum absolute atomic E-state index is 0.0703. The Balaban J connectivity index is 2.04. The number of nitrogens with one attached hydrogen (secondary N) is 1. The SMILES string of the molecule is NC(N)=NS(=O)(=O)C[C@H](NC(=O)OCc1ccccc1)C(=O)OCc1ccccc1. The molecular weight excluding hydrogens is 412 g/mol. The van der Waals surface area contributed by atoms with Crippen LogP contribution in [0.4, 0.5) is 4.79 Å². The molecule has 0 aliphatic carbocycles. The van der Waals surface area contributed by atoms with Gasteiger partial charge in [-0.1, -0.05) is 60.7 Å². The lowest BCUT2D eigenvalue weighted by Gasteiger charge is -2.17. The molecule has 0 aromatic heterocycles. The number of hydrogen-bond donors (Lipinski definition) is 3. The molecule has 0 unspecified atom stereocenters. The summed E-state index contributed by atoms with van der Waals surface area (Å²) in [4.78, 5) is 24.5. The normalized spacial score (nSPS) is 11.7. The number of ether oxygens (including phenoxy) is 2. The second kappa shape index (κ2) is 10.8. The van der Waals surface area contributed by atoms with Crippen LogP contribution in [0.5, 0.6) is 0 Å². The van der Waals surface area contributed by atoms with Gasteiger partial charge in [-0.2, -0.15) is 0 Å². The molecule has 10 nitrogen and oxygen atoms in total. The molecule has 5 N–H and O–H groups in total. The number of guanidine groups is 1. The van der Waals surface area contributed by atoms with E-state index in [-0.39, 0.29) is 13.2 Å². The largest absolute Gasteiger partial charge is 0.459 e. The number of benzene rings is 2. The molecule has 1 atom stereocenters. The van der Waals surface area contributed by atoms with Crippen LogP contribution in [0.2, 0.25) is 0 Å². The number of hydrogen-bond acceptors (Lipinski definition) is 6. The fraction of sp³-hybridized carbons (Fsp3) is 0.211. The van der Waals surface area contributed by atoms with Crippen molar-refractivity contribution in [2.45, 2.75) is 19.3 Å². The number of nitrogens with zero attached hydrogens (tertiary/aromatic N) is 1. The summed E-state index contributed by atoms with van der Waals surface area (Å²) >= 11 is 0. The highest BCUT2D eigenvalue weighted by Gasteiger charge is 2.29. The highest BCUT2D eigenvalue weighted by atomic mass is 32.2. The first kappa shape index (κ1) is 22.7. The zero-order chi connectivity index (χ0) is 22.0. The Labute approximate surface area is 173 Å². The van der Waals surface area contributed by atoms with Crippen LogP contribution in [-0.4, -0.2) is 38.2 Å². The van der Waals surface area contributed by atoms with Gasteiger partial charge in [0.2, 0.25) is 5.96 Å². The van der Waals surface area contributed by atoms with E-state index in [4.69, 9.17) is 20.9 Å². The summed E-state index contributed by atoms with van der Waals surface area (Å²) in [7, 11) is -4.25. The summed E-state index contributed by atoms with van der Waals surface area (Å²) in [6.07, 6.45) is -1.000. The van der Waals surface area contributed by atoms with E-state index in [2.05, 4.69) is 9.71 Å². The lowest BCUT2D eigenvalue weighted by atomic mass is 10.2. The number of rotatable bonds is 9. The molecule has 30 heavy (non-hydrogen) atoms. The summed E-state index contributed by atoms with van der Waals surface area (Å²) in [5, 5.41) is 2.19. The van der Waals surface area contributed by atoms with Gasteiger partial charge in [-0.15, -0.1) is 4.40 Å². The Morgan fingerprint density at radius 2 is 1.40 bits per heavy atom. The Bertz CT molecular complexity index is 977. The van der Waals surface area contributed by atoms with Crippen molar-refractivity contribution in [3.8, 4) is 0 Å². The van der Waals surface area contributed by atoms with Crippen molar-refractivity contribution in [3.63, 3.8) is 0 Å². The number of nitrogens with two attached hydrogens (primary N) is 2. The molecule has 0 aliphatic rings. The Kier molecular flexibility index (Phi) is 8.18. The van der Waals surface area contributed by atoms with Gasteiger partial charge in [-0.05, 0) is 11.1 Å². The van der Waals surface area contributed by atoms with Gasteiger partial charge in [-0.25, -0.2) is 18.0 Å². The molecular formula is C19H22N4O6S. The third-order valence-electron chi connectivity index (χ3n) is 3.64. The van der Waals surface area contributed by atoms with Crippen LogP contribution in [0.3, 0.4) is 0 Å². The van der Waals surface area contributed by atoms with Gasteiger partial charge in [0.1, 0.15) is 25.0 Å². The summed E-state index contributed by atoms with van der Waals surface area (Å²) in [6, 6.07) is 16.0. The lowest BCUT2D eigenvalue weighted by molar-refractivity contribution is -0.146. The number of esters is 1. The monoisotopic (exact) mass is 434 g/mol. The third-order valence-corrected chi connectivity index (χ3v) is 4.88. The van der Waals surface area contributed by atoms with Crippen molar-refractivity contribution >= 4 is 28.0 Å². The molecule has 160 valence electrons. The van der Waals surface area contributed by atoms with Crippen LogP contribution in [0.25, 0.3) is 0 Å². The number of alkyl carbamates (subject to hydrolysis) is 1. The first-order chi connectivity index (χ1) is 14.2. The first-order valence-electron chi connectivity index (χ1n) is 8.76. The van der Waals surface area contributed by atoms with Crippen LogP contribution in [-0.2, 0) is 37.5 Å². The van der Waals surface area contributed by atoms with E-state index in [1.54, 1.807) is 60.7 Å². The zero-order valence-electron chi connectivity index (χ0n) is 15.9. The molecule has 11 heteroatoms. The Hall–Kier alpha value is -3.60. The number of sulfonamides is 1. The van der Waals surface area contributed by atoms with E-state index in [1.165, 1.54) is 0 Å². The summed E-state index contributed by atoms with van der Waals surface area (Å²) in [5.74, 6) is -2.58. The Morgan fingerprint density at radius 3 is 1.90 bits per heavy atom. The molecule has 0 spiro atoms. The fourth-order valence-corrected chi connectivity index (χ4v) is 3.35. The van der Waals surface area contributed by atoms with Crippen LogP contribution in [0, 0.1) is 0 Å². The minimum Gasteiger partial charge on any atom is -0.459 e. The van der Waals surface area contributed by atoms with E-state index >= 15 is 0 Å². The average Bonchev–Trinajstić information content (AvgIpc) is 2.70. The molecule has 2 rings (SSSR count). The minimum atomic E-state index is -4.25. The molecule has 2 aromatic rings. The van der Waals surface area contributed by atoms with E-state index in [1.807, 2.05) is 0 Å². The quantitative estimate of drug-likeness (QED) is 0.294. The van der Waals surface area contributed by atoms with Crippen molar-refractivity contribution in [3.05, 3.63) is 71.8 Å². The van der Waals surface area contributed by atoms with E-state index < -0.39 is 39.8 Å². The van der Waals surface area contributed by atoms with E-state index in [0.29, 0.717) is 11.1 Å². The van der Waals surface area contributed by atoms with E-state index in [0.717, 1.165) is 0 Å². The standard InChI is InChI=1S/C19H22N4O6S/c20-18(21)23-30(26,27)13-16(17(24)28-11-14-7-3-1-4-8-14)22-19(25)29-12-15-9-5-2-6-10-15/h1-10,16H,11-13H2,(H,22,25)(H4,20,21,23)/t16-/m0/s1. The number of carbonyl (C=O) groups is 2. The number of carbonyl (C=O) groups excluding carboxylic acids is 2. The highest BCUT2D eigenvalue weighted by molar-refractivity contribution is 7.90. The number of amides is 1. The fourth-order valence-electron chi connectivity index (χ4n) is 2.31. The second-order valence-electron chi connectivity index (χ2n) is 6.12. The molecule has 2 aromatic carbocycles. The molecule has 0 saturated carbocycles. The van der Waals surface area contributed by atoms with Gasteiger partial charge in [0.05, 0.1) is 0 Å². The maximum absolute atomic E-state index is 12.4. The van der Waals surface area contributed by atoms with Gasteiger partial charge in [-0.3, -0.25) is 0 Å². The average molecular weight is 434 g/mol. The van der Waals surface area contributed by atoms with Crippen molar-refractivity contribution in [2.24, 2.45) is 15.9 Å². The molecule has 0 aliphatic heterocycles. The summed E-state index contributed by atoms with van der Waals surface area (Å²) in [5.41, 5.74) is 11.6. The van der Waals surface area contributed by atoms with Gasteiger partial charge >= 0.3 is 12.1 Å². The first-order valence-corrected chi connectivity index (χ1v) is 10.4. The molecule has 0 heterocycles. The predicted octanol–water partition coefficient (Wildman–Crippen LogP) is 0.628. The van der Waals surface area contributed by atoms with Crippen molar-refractivity contribution < 1.29 is 27.5 Å². The predicted molar refractivity (Wildman–Crippen MR) is 109 cm³/mol. The maximum atomic E-state index is 12.4. The van der Waals surface area contributed by atoms with Crippen LogP contribution < -0.4 is 16.8 Å². The topological polar surface area (TPSA) is 163 Å². The summed E-state index contributed by atoms with van der Waals surface area (Å²) in [6.45, 7) is -0.182. The molecule has 0 saturated heterocycles. The maximum Gasteiger partial charge on any atom is 0.408 e. The van der Waals surface area contributed by atoms with Gasteiger partial charge < -0.3 is 26.3 Å². The molecule has 1 amide bonds. The van der Waals surface area contributed by atoms with Crippen molar-refractivity contribution in [2.75, 3.05) is 5.75 Å². The lowest BCUT2D eigenvalue weighted by Crippen LogP contribution is -2.46. The van der Waals surface area contributed by atoms with Gasteiger partial charge in [0.25, 0.3) is 10.0 Å². The van der Waals surface area contributed by atoms with Crippen molar-refractivity contribution in [1.82, 2.24) is 5.32 Å². The van der Waals surface area contributed by atoms with Crippen LogP contribution in [0.1, 0.15) is 11.1 Å². The Morgan fingerprint density at radius 1 is 0.900 bits per heavy atom. The van der Waals surface area contributed by atoms with Gasteiger partial charge in [0, 0.05) is 0 Å². The summed E-state index contributed by atoms with van der Waals surface area (Å²) < 4.78 is 37.3. The van der Waals surface area contributed by atoms with Crippen LogP contribution in [0.15, 0.2) is 65.1 Å². The molecule has 0 bridgehead atoms. The third kappa shape index (κ3) is 8.19. The molecule has 0 radical (unpaired) electrons. The second-order valence-corrected chi connectivity index (χ2v) is 7.80. The highest BCUT2D eigenvalue weighted by Crippen LogP contribution is 2.06. The van der Waals surface area contributed by atoms with Crippen LogP contribution >= 0.6 is 0 Å². The smallest absolute Gasteiger partial charge is 0.408 e. The van der Waals surface area contributed by atoms with E-state index in [9.17, 15) is 18.0 Å². The van der Waals surface area contributed by atoms with Gasteiger partial charge in [0.15, 0.2) is 0 Å². The van der Waals surface area contributed by atoms with Crippen molar-refractivity contribution in [1.29, 1.82) is 0 Å².